The van der Waals surface area contributed by atoms with E-state index < -0.39 is 0 Å². The highest BCUT2D eigenvalue weighted by atomic mass is 79.9. The lowest BCUT2D eigenvalue weighted by Gasteiger charge is -2.19. The molecule has 0 amide bonds. The van der Waals surface area contributed by atoms with Crippen molar-refractivity contribution in [3.8, 4) is 11.5 Å². The van der Waals surface area contributed by atoms with Gasteiger partial charge in [0.15, 0.2) is 11.5 Å². The lowest BCUT2D eigenvalue weighted by molar-refractivity contribution is 0.171. The number of fused-ring (bicyclic) bond motifs is 1. The predicted octanol–water partition coefficient (Wildman–Crippen LogP) is 4.73. The molecular formula is C17H17BrO2S. The van der Waals surface area contributed by atoms with E-state index in [2.05, 4.69) is 58.4 Å². The van der Waals surface area contributed by atoms with Crippen molar-refractivity contribution in [2.75, 3.05) is 24.3 Å². The first kappa shape index (κ1) is 14.8. The molecule has 1 heterocycles. The summed E-state index contributed by atoms with van der Waals surface area (Å²) in [4.78, 5) is 1.22. The highest BCUT2D eigenvalue weighted by Crippen LogP contribution is 2.35. The first-order valence-electron chi connectivity index (χ1n) is 7.00. The predicted molar refractivity (Wildman–Crippen MR) is 91.1 cm³/mol. The number of halogens is 1. The van der Waals surface area contributed by atoms with E-state index in [1.54, 1.807) is 0 Å². The number of thioether (sulfide) groups is 1. The van der Waals surface area contributed by atoms with Crippen molar-refractivity contribution in [2.45, 2.75) is 10.8 Å². The number of ether oxygens (including phenoxy) is 2. The number of hydrogen-bond acceptors (Lipinski definition) is 3. The minimum absolute atomic E-state index is 0.504. The third-order valence-electron chi connectivity index (χ3n) is 3.42. The quantitative estimate of drug-likeness (QED) is 0.564. The van der Waals surface area contributed by atoms with Crippen LogP contribution in [0, 0.1) is 0 Å². The molecule has 2 aromatic rings. The second-order valence-corrected chi connectivity index (χ2v) is 6.62. The Labute approximate surface area is 138 Å². The lowest BCUT2D eigenvalue weighted by Crippen LogP contribution is -2.15. The summed E-state index contributed by atoms with van der Waals surface area (Å²) in [5, 5.41) is 0.967. The first-order valence-corrected chi connectivity index (χ1v) is 9.11. The molecular weight excluding hydrogens is 348 g/mol. The molecule has 1 unspecified atom stereocenters. The smallest absolute Gasteiger partial charge is 0.162 e. The molecule has 3 rings (SSSR count). The van der Waals surface area contributed by atoms with Crippen molar-refractivity contribution in [1.29, 1.82) is 0 Å². The second-order valence-electron chi connectivity index (χ2n) is 4.88. The van der Waals surface area contributed by atoms with Gasteiger partial charge >= 0.3 is 0 Å². The number of rotatable bonds is 5. The van der Waals surface area contributed by atoms with E-state index >= 15 is 0 Å². The van der Waals surface area contributed by atoms with Crippen molar-refractivity contribution in [1.82, 2.24) is 0 Å². The van der Waals surface area contributed by atoms with Gasteiger partial charge in [0.1, 0.15) is 13.2 Å². The van der Waals surface area contributed by atoms with Gasteiger partial charge in [-0.2, -0.15) is 0 Å². The summed E-state index contributed by atoms with van der Waals surface area (Å²) < 4.78 is 11.2. The Morgan fingerprint density at radius 1 is 1.00 bits per heavy atom. The Balaban J connectivity index is 1.66. The second kappa shape index (κ2) is 7.23. The summed E-state index contributed by atoms with van der Waals surface area (Å²) in [6.45, 7) is 1.27. The van der Waals surface area contributed by atoms with Crippen molar-refractivity contribution in [3.63, 3.8) is 0 Å². The fourth-order valence-electron chi connectivity index (χ4n) is 2.27. The van der Waals surface area contributed by atoms with E-state index in [-0.39, 0.29) is 0 Å². The highest BCUT2D eigenvalue weighted by molar-refractivity contribution is 9.09. The molecule has 0 saturated carbocycles. The Morgan fingerprint density at radius 2 is 1.76 bits per heavy atom. The molecule has 0 spiro atoms. The molecule has 2 aromatic carbocycles. The minimum atomic E-state index is 0.504. The van der Waals surface area contributed by atoms with Gasteiger partial charge in [-0.1, -0.05) is 46.3 Å². The SMILES string of the molecule is BrCC(CSc1ccc2c(c1)OCCO2)c1ccccc1. The molecule has 0 N–H and O–H groups in total. The Bertz CT molecular complexity index is 589. The van der Waals surface area contributed by atoms with Crippen molar-refractivity contribution in [2.24, 2.45) is 0 Å². The molecule has 1 aliphatic heterocycles. The number of hydrogen-bond donors (Lipinski definition) is 0. The molecule has 0 bridgehead atoms. The van der Waals surface area contributed by atoms with E-state index in [1.165, 1.54) is 10.5 Å². The zero-order valence-corrected chi connectivity index (χ0v) is 14.0. The fraction of sp³-hybridized carbons (Fsp3) is 0.294. The highest BCUT2D eigenvalue weighted by Gasteiger charge is 2.14. The molecule has 0 fully saturated rings. The Hall–Kier alpha value is -1.13. The van der Waals surface area contributed by atoms with Gasteiger partial charge in [0.2, 0.25) is 0 Å². The average molecular weight is 365 g/mol. The Kier molecular flexibility index (Phi) is 5.09. The van der Waals surface area contributed by atoms with E-state index in [0.717, 1.165) is 22.6 Å². The van der Waals surface area contributed by atoms with Crippen LogP contribution in [0.15, 0.2) is 53.4 Å². The summed E-state index contributed by atoms with van der Waals surface area (Å²) in [7, 11) is 0. The normalized spacial score (nSPS) is 14.7. The summed E-state index contributed by atoms with van der Waals surface area (Å²) in [6, 6.07) is 16.8. The molecule has 4 heteroatoms. The van der Waals surface area contributed by atoms with E-state index in [4.69, 9.17) is 9.47 Å². The summed E-state index contributed by atoms with van der Waals surface area (Å²) in [5.41, 5.74) is 1.37. The van der Waals surface area contributed by atoms with E-state index in [0.29, 0.717) is 19.1 Å². The van der Waals surface area contributed by atoms with Gasteiger partial charge in [0.25, 0.3) is 0 Å². The maximum Gasteiger partial charge on any atom is 0.162 e. The maximum absolute atomic E-state index is 5.63. The van der Waals surface area contributed by atoms with Crippen LogP contribution in [0.2, 0.25) is 0 Å². The standard InChI is InChI=1S/C17H17BrO2S/c18-11-14(13-4-2-1-3-5-13)12-21-15-6-7-16-17(10-15)20-9-8-19-16/h1-7,10,14H,8-9,11-12H2. The van der Waals surface area contributed by atoms with Crippen molar-refractivity contribution < 1.29 is 9.47 Å². The molecule has 0 saturated heterocycles. The molecule has 2 nitrogen and oxygen atoms in total. The van der Waals surface area contributed by atoms with E-state index in [1.807, 2.05) is 17.8 Å². The largest absolute Gasteiger partial charge is 0.486 e. The molecule has 0 aliphatic carbocycles. The van der Waals surface area contributed by atoms with Crippen LogP contribution in [0.25, 0.3) is 0 Å². The van der Waals surface area contributed by atoms with E-state index in [9.17, 15) is 0 Å². The molecule has 110 valence electrons. The lowest BCUT2D eigenvalue weighted by atomic mass is 10.0. The van der Waals surface area contributed by atoms with Crippen LogP contribution < -0.4 is 9.47 Å². The fourth-order valence-corrected chi connectivity index (χ4v) is 4.23. The molecule has 0 aromatic heterocycles. The number of benzene rings is 2. The summed E-state index contributed by atoms with van der Waals surface area (Å²) in [5.74, 6) is 3.26. The maximum atomic E-state index is 5.63. The topological polar surface area (TPSA) is 18.5 Å². The minimum Gasteiger partial charge on any atom is -0.486 e. The van der Waals surface area contributed by atoms with Crippen LogP contribution in [-0.4, -0.2) is 24.3 Å². The van der Waals surface area contributed by atoms with Gasteiger partial charge in [-0.05, 0) is 23.8 Å². The van der Waals surface area contributed by atoms with Crippen LogP contribution >= 0.6 is 27.7 Å². The van der Waals surface area contributed by atoms with Crippen LogP contribution in [0.1, 0.15) is 11.5 Å². The third kappa shape index (κ3) is 3.74. The van der Waals surface area contributed by atoms with Crippen LogP contribution in [0.3, 0.4) is 0 Å². The van der Waals surface area contributed by atoms with Gasteiger partial charge in [0.05, 0.1) is 0 Å². The Morgan fingerprint density at radius 3 is 2.52 bits per heavy atom. The monoisotopic (exact) mass is 364 g/mol. The van der Waals surface area contributed by atoms with Gasteiger partial charge in [-0.15, -0.1) is 11.8 Å². The molecule has 1 atom stereocenters. The average Bonchev–Trinajstić information content (AvgIpc) is 2.56. The van der Waals surface area contributed by atoms with Crippen LogP contribution in [0.5, 0.6) is 11.5 Å². The van der Waals surface area contributed by atoms with Gasteiger partial charge in [-0.3, -0.25) is 0 Å². The summed E-state index contributed by atoms with van der Waals surface area (Å²) >= 11 is 5.48. The molecule has 1 aliphatic rings. The first-order chi connectivity index (χ1) is 10.4. The third-order valence-corrected chi connectivity index (χ3v) is 5.36. The van der Waals surface area contributed by atoms with Crippen molar-refractivity contribution >= 4 is 27.7 Å². The molecule has 0 radical (unpaired) electrons. The van der Waals surface area contributed by atoms with Crippen molar-refractivity contribution in [3.05, 3.63) is 54.1 Å². The van der Waals surface area contributed by atoms with Gasteiger partial charge < -0.3 is 9.47 Å². The zero-order chi connectivity index (χ0) is 14.5. The summed E-state index contributed by atoms with van der Waals surface area (Å²) in [6.07, 6.45) is 0. The number of alkyl halides is 1. The van der Waals surface area contributed by atoms with Crippen LogP contribution in [-0.2, 0) is 0 Å². The molecule has 21 heavy (non-hydrogen) atoms. The van der Waals surface area contributed by atoms with Gasteiger partial charge in [0, 0.05) is 21.9 Å². The zero-order valence-electron chi connectivity index (χ0n) is 11.6. The van der Waals surface area contributed by atoms with Crippen LogP contribution in [0.4, 0.5) is 0 Å². The van der Waals surface area contributed by atoms with Gasteiger partial charge in [-0.25, -0.2) is 0 Å².